The normalized spacial score (nSPS) is 15.3. The molecule has 1 saturated carbocycles. The van der Waals surface area contributed by atoms with Crippen molar-refractivity contribution in [2.45, 2.75) is 36.9 Å². The Labute approximate surface area is 203 Å². The summed E-state index contributed by atoms with van der Waals surface area (Å²) in [7, 11) is -3.51. The number of rotatable bonds is 8. The Morgan fingerprint density at radius 1 is 0.829 bits per heavy atom. The topological polar surface area (TPSA) is 113 Å². The molecular formula is C26H23N3O5S. The maximum atomic E-state index is 12.5. The van der Waals surface area contributed by atoms with Gasteiger partial charge in [0.1, 0.15) is 0 Å². The van der Waals surface area contributed by atoms with Crippen molar-refractivity contribution in [3.05, 3.63) is 101 Å². The summed E-state index contributed by atoms with van der Waals surface area (Å²) in [5.41, 5.74) is 2.74. The van der Waals surface area contributed by atoms with E-state index in [4.69, 9.17) is 0 Å². The van der Waals surface area contributed by atoms with Gasteiger partial charge in [0, 0.05) is 18.2 Å². The van der Waals surface area contributed by atoms with Crippen LogP contribution >= 0.6 is 0 Å². The first kappa shape index (κ1) is 22.9. The van der Waals surface area contributed by atoms with Gasteiger partial charge < -0.3 is 5.32 Å². The van der Waals surface area contributed by atoms with Crippen molar-refractivity contribution < 1.29 is 22.8 Å². The zero-order valence-electron chi connectivity index (χ0n) is 18.7. The van der Waals surface area contributed by atoms with Gasteiger partial charge >= 0.3 is 0 Å². The van der Waals surface area contributed by atoms with Crippen molar-refractivity contribution in [2.24, 2.45) is 0 Å². The Kier molecular flexibility index (Phi) is 5.96. The van der Waals surface area contributed by atoms with Gasteiger partial charge in [-0.3, -0.25) is 19.3 Å². The number of sulfonamides is 1. The number of nitrogens with one attached hydrogen (secondary N) is 2. The van der Waals surface area contributed by atoms with Gasteiger partial charge in [0.25, 0.3) is 17.7 Å². The predicted molar refractivity (Wildman–Crippen MR) is 128 cm³/mol. The molecule has 0 bridgehead atoms. The van der Waals surface area contributed by atoms with Crippen LogP contribution in [0.1, 0.15) is 55.0 Å². The lowest BCUT2D eigenvalue weighted by Gasteiger charge is -2.14. The molecule has 0 aromatic heterocycles. The quantitative estimate of drug-likeness (QED) is 0.473. The molecular weight excluding hydrogens is 466 g/mol. The molecule has 0 atom stereocenters. The molecule has 178 valence electrons. The van der Waals surface area contributed by atoms with Crippen LogP contribution in [-0.4, -0.2) is 37.1 Å². The molecule has 1 fully saturated rings. The van der Waals surface area contributed by atoms with Gasteiger partial charge in [0.05, 0.1) is 22.6 Å². The Morgan fingerprint density at radius 3 is 1.97 bits per heavy atom. The van der Waals surface area contributed by atoms with E-state index in [-0.39, 0.29) is 41.7 Å². The lowest BCUT2D eigenvalue weighted by molar-refractivity contribution is 0.0641. The number of carbonyl (C=O) groups is 3. The van der Waals surface area contributed by atoms with Crippen LogP contribution in [0.15, 0.2) is 77.7 Å². The van der Waals surface area contributed by atoms with E-state index in [0.717, 1.165) is 24.0 Å². The third kappa shape index (κ3) is 4.87. The van der Waals surface area contributed by atoms with Crippen LogP contribution in [-0.2, 0) is 23.1 Å². The van der Waals surface area contributed by atoms with E-state index in [1.165, 1.54) is 17.0 Å². The first-order valence-corrected chi connectivity index (χ1v) is 12.7. The fourth-order valence-electron chi connectivity index (χ4n) is 3.89. The van der Waals surface area contributed by atoms with Gasteiger partial charge in [0.2, 0.25) is 10.0 Å². The molecule has 35 heavy (non-hydrogen) atoms. The molecule has 0 saturated heterocycles. The second kappa shape index (κ2) is 9.09. The minimum atomic E-state index is -3.51. The highest BCUT2D eigenvalue weighted by molar-refractivity contribution is 7.89. The first-order valence-electron chi connectivity index (χ1n) is 11.3. The Balaban J connectivity index is 1.17. The maximum Gasteiger partial charge on any atom is 0.261 e. The van der Waals surface area contributed by atoms with E-state index >= 15 is 0 Å². The van der Waals surface area contributed by atoms with E-state index in [1.54, 1.807) is 60.7 Å². The molecule has 1 aliphatic carbocycles. The highest BCUT2D eigenvalue weighted by Crippen LogP contribution is 2.24. The van der Waals surface area contributed by atoms with E-state index < -0.39 is 10.0 Å². The van der Waals surface area contributed by atoms with Gasteiger partial charge in [-0.25, -0.2) is 13.1 Å². The SMILES string of the molecule is O=C(NCc1ccc(S(=O)(=O)NC2CC2)cc1)c1ccc(CN2C(=O)c3ccccc3C2=O)cc1. The van der Waals surface area contributed by atoms with Crippen molar-refractivity contribution in [1.82, 2.24) is 14.9 Å². The van der Waals surface area contributed by atoms with Crippen LogP contribution in [0.25, 0.3) is 0 Å². The number of nitrogens with zero attached hydrogens (tertiary/aromatic N) is 1. The summed E-state index contributed by atoms with van der Waals surface area (Å²) >= 11 is 0. The maximum absolute atomic E-state index is 12.5. The summed E-state index contributed by atoms with van der Waals surface area (Å²) in [5.74, 6) is -0.937. The zero-order chi connectivity index (χ0) is 24.6. The number of imide groups is 1. The molecule has 2 N–H and O–H groups in total. The van der Waals surface area contributed by atoms with Crippen LogP contribution < -0.4 is 10.0 Å². The number of hydrogen-bond donors (Lipinski definition) is 2. The third-order valence-electron chi connectivity index (χ3n) is 6.02. The van der Waals surface area contributed by atoms with Gasteiger partial charge in [-0.2, -0.15) is 0 Å². The number of fused-ring (bicyclic) bond motifs is 1. The van der Waals surface area contributed by atoms with Crippen molar-refractivity contribution in [3.8, 4) is 0 Å². The second-order valence-corrected chi connectivity index (χ2v) is 10.4. The molecule has 0 unspecified atom stereocenters. The third-order valence-corrected chi connectivity index (χ3v) is 7.56. The molecule has 3 aromatic rings. The fraction of sp³-hybridized carbons (Fsp3) is 0.192. The second-order valence-electron chi connectivity index (χ2n) is 8.66. The molecule has 0 spiro atoms. The summed E-state index contributed by atoms with van der Waals surface area (Å²) in [6, 6.07) is 19.9. The first-order chi connectivity index (χ1) is 16.8. The average Bonchev–Trinajstić information content (AvgIpc) is 3.65. The lowest BCUT2D eigenvalue weighted by Crippen LogP contribution is -2.29. The predicted octanol–water partition coefficient (Wildman–Crippen LogP) is 2.85. The molecule has 9 heteroatoms. The zero-order valence-corrected chi connectivity index (χ0v) is 19.5. The standard InChI is InChI=1S/C26H23N3O5S/c30-24(27-15-17-7-13-21(14-8-17)35(33,34)28-20-11-12-20)19-9-5-18(6-10-19)16-29-25(31)22-3-1-2-4-23(22)26(29)32/h1-10,13-14,20,28H,11-12,15-16H2,(H,27,30). The molecule has 3 amide bonds. The van der Waals surface area contributed by atoms with Crippen molar-refractivity contribution >= 4 is 27.7 Å². The Bertz CT molecular complexity index is 1380. The van der Waals surface area contributed by atoms with E-state index in [2.05, 4.69) is 10.0 Å². The molecule has 8 nitrogen and oxygen atoms in total. The Hall–Kier alpha value is -3.82. The van der Waals surface area contributed by atoms with Crippen molar-refractivity contribution in [1.29, 1.82) is 0 Å². The number of hydrogen-bond acceptors (Lipinski definition) is 5. The summed E-state index contributed by atoms with van der Waals surface area (Å²) in [4.78, 5) is 39.0. The van der Waals surface area contributed by atoms with Gasteiger partial charge in [-0.1, -0.05) is 36.4 Å². The highest BCUT2D eigenvalue weighted by atomic mass is 32.2. The summed E-state index contributed by atoms with van der Waals surface area (Å²) in [6.45, 7) is 0.366. The van der Waals surface area contributed by atoms with E-state index in [9.17, 15) is 22.8 Å². The van der Waals surface area contributed by atoms with Crippen LogP contribution in [0.5, 0.6) is 0 Å². The molecule has 5 rings (SSSR count). The fourth-order valence-corrected chi connectivity index (χ4v) is 5.19. The van der Waals surface area contributed by atoms with E-state index in [1.807, 2.05) is 0 Å². The van der Waals surface area contributed by atoms with Crippen LogP contribution in [0, 0.1) is 0 Å². The van der Waals surface area contributed by atoms with Crippen molar-refractivity contribution in [2.75, 3.05) is 0 Å². The van der Waals surface area contributed by atoms with Gasteiger partial charge in [-0.05, 0) is 60.4 Å². The molecule has 1 aliphatic heterocycles. The monoisotopic (exact) mass is 489 g/mol. The van der Waals surface area contributed by atoms with E-state index in [0.29, 0.717) is 16.7 Å². The summed E-state index contributed by atoms with van der Waals surface area (Å²) in [6.07, 6.45) is 1.74. The summed E-state index contributed by atoms with van der Waals surface area (Å²) < 4.78 is 27.1. The molecule has 3 aromatic carbocycles. The average molecular weight is 490 g/mol. The summed E-state index contributed by atoms with van der Waals surface area (Å²) in [5, 5.41) is 2.81. The van der Waals surface area contributed by atoms with Crippen molar-refractivity contribution in [3.63, 3.8) is 0 Å². The minimum Gasteiger partial charge on any atom is -0.348 e. The number of carbonyl (C=O) groups excluding carboxylic acids is 3. The molecule has 1 heterocycles. The molecule has 0 radical (unpaired) electrons. The highest BCUT2D eigenvalue weighted by Gasteiger charge is 2.35. The van der Waals surface area contributed by atoms with Gasteiger partial charge in [-0.15, -0.1) is 0 Å². The Morgan fingerprint density at radius 2 is 1.40 bits per heavy atom. The smallest absolute Gasteiger partial charge is 0.261 e. The number of benzene rings is 3. The van der Waals surface area contributed by atoms with Gasteiger partial charge in [0.15, 0.2) is 0 Å². The minimum absolute atomic E-state index is 0.0398. The number of amides is 3. The van der Waals surface area contributed by atoms with Crippen LogP contribution in [0.3, 0.4) is 0 Å². The lowest BCUT2D eigenvalue weighted by atomic mass is 10.1. The molecule has 2 aliphatic rings. The van der Waals surface area contributed by atoms with Crippen LogP contribution in [0.4, 0.5) is 0 Å². The van der Waals surface area contributed by atoms with Crippen LogP contribution in [0.2, 0.25) is 0 Å². The largest absolute Gasteiger partial charge is 0.348 e.